The molecule has 0 atom stereocenters. The Bertz CT molecular complexity index is 1640. The van der Waals surface area contributed by atoms with E-state index in [1.807, 2.05) is 6.07 Å². The first kappa shape index (κ1) is 24.6. The van der Waals surface area contributed by atoms with E-state index in [1.54, 1.807) is 0 Å². The SMILES string of the molecule is N#Cc1ccc(-n2cc(-c3cc(C(F)(F)F)c(C#N)c(=O)n3Cc3ccc(F)cc3F)cn2)cc1Cl. The summed E-state index contributed by atoms with van der Waals surface area (Å²) in [5.41, 5.74) is -3.82. The van der Waals surface area contributed by atoms with Crippen LogP contribution in [-0.2, 0) is 12.7 Å². The summed E-state index contributed by atoms with van der Waals surface area (Å²) >= 11 is 6.04. The van der Waals surface area contributed by atoms with Gasteiger partial charge in [0.05, 0.1) is 40.3 Å². The van der Waals surface area contributed by atoms with Crippen molar-refractivity contribution < 1.29 is 22.0 Å². The molecular weight excluding hydrogens is 505 g/mol. The molecule has 6 nitrogen and oxygen atoms in total. The summed E-state index contributed by atoms with van der Waals surface area (Å²) in [6, 6.07) is 10.7. The van der Waals surface area contributed by atoms with Gasteiger partial charge in [-0.1, -0.05) is 17.7 Å². The van der Waals surface area contributed by atoms with Gasteiger partial charge in [0.1, 0.15) is 29.3 Å². The topological polar surface area (TPSA) is 87.4 Å². The highest BCUT2D eigenvalue weighted by Gasteiger charge is 2.36. The molecule has 0 amide bonds. The van der Waals surface area contributed by atoms with Gasteiger partial charge in [0, 0.05) is 23.4 Å². The molecule has 2 heterocycles. The highest BCUT2D eigenvalue weighted by molar-refractivity contribution is 6.31. The van der Waals surface area contributed by atoms with E-state index in [2.05, 4.69) is 5.10 Å². The van der Waals surface area contributed by atoms with E-state index in [0.29, 0.717) is 17.8 Å². The number of alkyl halides is 3. The molecule has 2 aromatic carbocycles. The van der Waals surface area contributed by atoms with E-state index in [1.165, 1.54) is 41.3 Å². The zero-order valence-electron chi connectivity index (χ0n) is 17.8. The Balaban J connectivity index is 1.92. The summed E-state index contributed by atoms with van der Waals surface area (Å²) in [5.74, 6) is -1.90. The third-order valence-electron chi connectivity index (χ3n) is 5.28. The van der Waals surface area contributed by atoms with Crippen molar-refractivity contribution in [2.45, 2.75) is 12.7 Å². The van der Waals surface area contributed by atoms with E-state index < -0.39 is 41.0 Å². The van der Waals surface area contributed by atoms with Crippen molar-refractivity contribution in [3.63, 3.8) is 0 Å². The molecule has 0 saturated heterocycles. The van der Waals surface area contributed by atoms with E-state index in [-0.39, 0.29) is 27.4 Å². The van der Waals surface area contributed by atoms with Gasteiger partial charge >= 0.3 is 6.18 Å². The minimum absolute atomic E-state index is 0.0325. The Morgan fingerprint density at radius 3 is 2.39 bits per heavy atom. The number of nitriles is 2. The van der Waals surface area contributed by atoms with Gasteiger partial charge in [-0.25, -0.2) is 13.5 Å². The predicted molar refractivity (Wildman–Crippen MR) is 118 cm³/mol. The third-order valence-corrected chi connectivity index (χ3v) is 5.59. The van der Waals surface area contributed by atoms with Gasteiger partial charge in [0.25, 0.3) is 5.56 Å². The summed E-state index contributed by atoms with van der Waals surface area (Å²) in [4.78, 5) is 13.0. The van der Waals surface area contributed by atoms with Gasteiger partial charge < -0.3 is 4.57 Å². The van der Waals surface area contributed by atoms with Crippen LogP contribution in [0.1, 0.15) is 22.3 Å². The van der Waals surface area contributed by atoms with Crippen LogP contribution in [0.4, 0.5) is 22.0 Å². The number of benzene rings is 2. The number of rotatable bonds is 4. The molecule has 180 valence electrons. The van der Waals surface area contributed by atoms with E-state index >= 15 is 0 Å². The highest BCUT2D eigenvalue weighted by atomic mass is 35.5. The summed E-state index contributed by atoms with van der Waals surface area (Å²) in [5, 5.41) is 22.5. The lowest BCUT2D eigenvalue weighted by Gasteiger charge is -2.17. The number of hydrogen-bond donors (Lipinski definition) is 0. The Hall–Kier alpha value is -4.48. The van der Waals surface area contributed by atoms with Crippen LogP contribution in [0.15, 0.2) is 59.7 Å². The van der Waals surface area contributed by atoms with E-state index in [0.717, 1.165) is 16.7 Å². The molecule has 4 aromatic rings. The minimum atomic E-state index is -5.03. The quantitative estimate of drug-likeness (QED) is 0.338. The largest absolute Gasteiger partial charge is 0.417 e. The molecule has 0 bridgehead atoms. The smallest absolute Gasteiger partial charge is 0.302 e. The van der Waals surface area contributed by atoms with Gasteiger partial charge in [-0.3, -0.25) is 4.79 Å². The lowest BCUT2D eigenvalue weighted by Crippen LogP contribution is -2.29. The molecule has 4 rings (SSSR count). The summed E-state index contributed by atoms with van der Waals surface area (Å²) in [6.07, 6.45) is -2.56. The van der Waals surface area contributed by atoms with Crippen molar-refractivity contribution in [3.8, 4) is 29.1 Å². The zero-order chi connectivity index (χ0) is 26.2. The fourth-order valence-corrected chi connectivity index (χ4v) is 3.74. The van der Waals surface area contributed by atoms with Crippen LogP contribution in [0.2, 0.25) is 5.02 Å². The second-order valence-corrected chi connectivity index (χ2v) is 7.91. The molecule has 0 aliphatic carbocycles. The summed E-state index contributed by atoms with van der Waals surface area (Å²) in [7, 11) is 0. The molecule has 0 radical (unpaired) electrons. The Morgan fingerprint density at radius 1 is 1.03 bits per heavy atom. The molecule has 0 N–H and O–H groups in total. The Morgan fingerprint density at radius 2 is 1.78 bits per heavy atom. The second-order valence-electron chi connectivity index (χ2n) is 7.50. The van der Waals surface area contributed by atoms with E-state index in [4.69, 9.17) is 16.9 Å². The van der Waals surface area contributed by atoms with E-state index in [9.17, 15) is 32.0 Å². The van der Waals surface area contributed by atoms with Crippen molar-refractivity contribution in [2.75, 3.05) is 0 Å². The third kappa shape index (κ3) is 4.57. The average Bonchev–Trinajstić information content (AvgIpc) is 3.31. The normalized spacial score (nSPS) is 11.2. The number of pyridine rings is 1. The first-order valence-electron chi connectivity index (χ1n) is 9.97. The van der Waals surface area contributed by atoms with Crippen LogP contribution in [0.3, 0.4) is 0 Å². The maximum atomic E-state index is 14.3. The summed E-state index contributed by atoms with van der Waals surface area (Å²) < 4.78 is 70.8. The molecule has 36 heavy (non-hydrogen) atoms. The maximum absolute atomic E-state index is 14.3. The van der Waals surface area contributed by atoms with Crippen LogP contribution in [-0.4, -0.2) is 14.3 Å². The van der Waals surface area contributed by atoms with Crippen molar-refractivity contribution in [3.05, 3.63) is 104 Å². The van der Waals surface area contributed by atoms with Crippen molar-refractivity contribution >= 4 is 11.6 Å². The fourth-order valence-electron chi connectivity index (χ4n) is 3.53. The first-order valence-corrected chi connectivity index (χ1v) is 10.4. The number of halogens is 6. The van der Waals surface area contributed by atoms with Crippen LogP contribution in [0, 0.1) is 34.3 Å². The average molecular weight is 516 g/mol. The van der Waals surface area contributed by atoms with Crippen LogP contribution >= 0.6 is 11.6 Å². The minimum Gasteiger partial charge on any atom is -0.302 e. The van der Waals surface area contributed by atoms with Crippen LogP contribution in [0.5, 0.6) is 0 Å². The lowest BCUT2D eigenvalue weighted by molar-refractivity contribution is -0.137. The molecule has 12 heteroatoms. The Labute approximate surface area is 204 Å². The molecule has 0 spiro atoms. The lowest BCUT2D eigenvalue weighted by atomic mass is 10.1. The highest BCUT2D eigenvalue weighted by Crippen LogP contribution is 2.34. The Kier molecular flexibility index (Phi) is 6.35. The molecule has 0 aliphatic rings. The van der Waals surface area contributed by atoms with Crippen molar-refractivity contribution in [2.24, 2.45) is 0 Å². The van der Waals surface area contributed by atoms with Gasteiger partial charge in [0.15, 0.2) is 0 Å². The van der Waals surface area contributed by atoms with Gasteiger partial charge in [-0.05, 0) is 30.3 Å². The summed E-state index contributed by atoms with van der Waals surface area (Å²) in [6.45, 7) is -0.582. The van der Waals surface area contributed by atoms with Gasteiger partial charge in [-0.2, -0.15) is 28.8 Å². The maximum Gasteiger partial charge on any atom is 0.417 e. The zero-order valence-corrected chi connectivity index (χ0v) is 18.6. The molecule has 0 fully saturated rings. The number of hydrogen-bond acceptors (Lipinski definition) is 4. The monoisotopic (exact) mass is 515 g/mol. The van der Waals surface area contributed by atoms with Crippen molar-refractivity contribution in [1.29, 1.82) is 10.5 Å². The first-order chi connectivity index (χ1) is 17.0. The fraction of sp³-hybridized carbons (Fsp3) is 0.0833. The van der Waals surface area contributed by atoms with Gasteiger partial charge in [0.2, 0.25) is 0 Å². The molecule has 0 saturated carbocycles. The molecule has 0 aliphatic heterocycles. The van der Waals surface area contributed by atoms with Crippen LogP contribution < -0.4 is 5.56 Å². The number of nitrogens with zero attached hydrogens (tertiary/aromatic N) is 5. The van der Waals surface area contributed by atoms with Gasteiger partial charge in [-0.15, -0.1) is 0 Å². The number of aromatic nitrogens is 3. The predicted octanol–water partition coefficient (Wildman–Crippen LogP) is 5.44. The van der Waals surface area contributed by atoms with Crippen molar-refractivity contribution in [1.82, 2.24) is 14.3 Å². The molecular formula is C24H11ClF5N5O. The van der Waals surface area contributed by atoms with Crippen LogP contribution in [0.25, 0.3) is 16.9 Å². The second kappa shape index (κ2) is 9.29. The molecule has 0 unspecified atom stereocenters. The standard InChI is InChI=1S/C24H11ClF5N5O/c25-20-6-17(4-2-13(20)8-31)35-12-15(10-33-35)22-7-19(24(28,29)30)18(9-32)23(36)34(22)11-14-1-3-16(26)5-21(14)27/h1-7,10,12H,11H2. The molecule has 2 aromatic heterocycles.